The summed E-state index contributed by atoms with van der Waals surface area (Å²) in [6, 6.07) is 15.4. The van der Waals surface area contributed by atoms with Gasteiger partial charge in [-0.15, -0.1) is 11.3 Å². The standard InChI is InChI=1S/C17H12N2O2S/c1-19-12(14-8-5-9-22-14)10-13-15(17(19)20)16(18-21-13)11-6-3-2-4-7-11/h2-10H,1H3. The molecule has 0 atom stereocenters. The number of rotatable bonds is 2. The minimum Gasteiger partial charge on any atom is -0.355 e. The summed E-state index contributed by atoms with van der Waals surface area (Å²) in [7, 11) is 1.78. The van der Waals surface area contributed by atoms with Crippen LogP contribution in [-0.4, -0.2) is 9.72 Å². The molecule has 0 aliphatic carbocycles. The quantitative estimate of drug-likeness (QED) is 0.564. The van der Waals surface area contributed by atoms with Crippen LogP contribution in [0.1, 0.15) is 0 Å². The Kier molecular flexibility index (Phi) is 2.94. The molecule has 4 rings (SSSR count). The fraction of sp³-hybridized carbons (Fsp3) is 0.0588. The SMILES string of the molecule is Cn1c(-c2cccs2)cc2onc(-c3ccccc3)c2c1=O. The first kappa shape index (κ1) is 13.0. The molecule has 5 heteroatoms. The van der Waals surface area contributed by atoms with E-state index >= 15 is 0 Å². The van der Waals surface area contributed by atoms with Crippen LogP contribution >= 0.6 is 11.3 Å². The largest absolute Gasteiger partial charge is 0.355 e. The second-order valence-corrected chi connectivity index (χ2v) is 5.96. The summed E-state index contributed by atoms with van der Waals surface area (Å²) >= 11 is 1.59. The molecule has 0 spiro atoms. The average Bonchev–Trinajstić information content (AvgIpc) is 3.21. The molecule has 108 valence electrons. The Morgan fingerprint density at radius 2 is 1.95 bits per heavy atom. The van der Waals surface area contributed by atoms with E-state index in [2.05, 4.69) is 5.16 Å². The predicted octanol–water partition coefficient (Wildman–Crippen LogP) is 3.92. The minimum atomic E-state index is -0.0963. The third-order valence-electron chi connectivity index (χ3n) is 3.69. The lowest BCUT2D eigenvalue weighted by molar-refractivity contribution is 0.459. The van der Waals surface area contributed by atoms with Crippen LogP contribution in [0.15, 0.2) is 63.2 Å². The molecule has 0 radical (unpaired) electrons. The van der Waals surface area contributed by atoms with Crippen LogP contribution in [0.25, 0.3) is 32.8 Å². The molecule has 4 aromatic rings. The van der Waals surface area contributed by atoms with Crippen molar-refractivity contribution in [2.24, 2.45) is 7.05 Å². The molecule has 0 aliphatic rings. The zero-order valence-electron chi connectivity index (χ0n) is 11.8. The molecule has 0 amide bonds. The highest BCUT2D eigenvalue weighted by molar-refractivity contribution is 7.13. The summed E-state index contributed by atoms with van der Waals surface area (Å²) in [5.41, 5.74) is 2.73. The number of thiophene rings is 1. The van der Waals surface area contributed by atoms with Crippen molar-refractivity contribution in [1.29, 1.82) is 0 Å². The van der Waals surface area contributed by atoms with Crippen LogP contribution < -0.4 is 5.56 Å². The van der Waals surface area contributed by atoms with Gasteiger partial charge in [-0.3, -0.25) is 4.79 Å². The fourth-order valence-electron chi connectivity index (χ4n) is 2.56. The van der Waals surface area contributed by atoms with Crippen LogP contribution in [-0.2, 0) is 7.05 Å². The molecule has 3 heterocycles. The highest BCUT2D eigenvalue weighted by Gasteiger charge is 2.18. The fourth-order valence-corrected chi connectivity index (χ4v) is 3.34. The number of nitrogens with zero attached hydrogens (tertiary/aromatic N) is 2. The summed E-state index contributed by atoms with van der Waals surface area (Å²) in [6.07, 6.45) is 0. The maximum absolute atomic E-state index is 12.8. The molecule has 1 aromatic carbocycles. The Morgan fingerprint density at radius 3 is 2.68 bits per heavy atom. The van der Waals surface area contributed by atoms with Crippen molar-refractivity contribution in [2.45, 2.75) is 0 Å². The van der Waals surface area contributed by atoms with E-state index in [0.717, 1.165) is 16.1 Å². The number of benzene rings is 1. The Morgan fingerprint density at radius 1 is 1.14 bits per heavy atom. The third kappa shape index (κ3) is 1.90. The maximum Gasteiger partial charge on any atom is 0.264 e. The molecule has 0 bridgehead atoms. The highest BCUT2D eigenvalue weighted by Crippen LogP contribution is 2.30. The zero-order valence-corrected chi connectivity index (χ0v) is 12.6. The molecule has 3 aromatic heterocycles. The number of aromatic nitrogens is 2. The van der Waals surface area contributed by atoms with Crippen LogP contribution in [0.4, 0.5) is 0 Å². The van der Waals surface area contributed by atoms with Crippen molar-refractivity contribution in [1.82, 2.24) is 9.72 Å². The van der Waals surface area contributed by atoms with Gasteiger partial charge < -0.3 is 9.09 Å². The molecule has 0 fully saturated rings. The molecule has 0 unspecified atom stereocenters. The number of hydrogen-bond donors (Lipinski definition) is 0. The maximum atomic E-state index is 12.8. The number of hydrogen-bond acceptors (Lipinski definition) is 4. The lowest BCUT2D eigenvalue weighted by Crippen LogP contribution is -2.18. The lowest BCUT2D eigenvalue weighted by Gasteiger charge is -2.06. The lowest BCUT2D eigenvalue weighted by atomic mass is 10.1. The van der Waals surface area contributed by atoms with Crippen molar-refractivity contribution >= 4 is 22.3 Å². The first-order valence-corrected chi connectivity index (χ1v) is 7.72. The van der Waals surface area contributed by atoms with Crippen LogP contribution in [0.2, 0.25) is 0 Å². The zero-order chi connectivity index (χ0) is 15.1. The summed E-state index contributed by atoms with van der Waals surface area (Å²) in [5.74, 6) is 0. The van der Waals surface area contributed by atoms with E-state index in [4.69, 9.17) is 4.52 Å². The number of pyridine rings is 1. The smallest absolute Gasteiger partial charge is 0.264 e. The second-order valence-electron chi connectivity index (χ2n) is 5.01. The van der Waals surface area contributed by atoms with Crippen molar-refractivity contribution in [3.63, 3.8) is 0 Å². The van der Waals surface area contributed by atoms with Gasteiger partial charge in [-0.2, -0.15) is 0 Å². The molecular formula is C17H12N2O2S. The topological polar surface area (TPSA) is 48.0 Å². The average molecular weight is 308 g/mol. The molecule has 0 N–H and O–H groups in total. The highest BCUT2D eigenvalue weighted by atomic mass is 32.1. The van der Waals surface area contributed by atoms with E-state index in [-0.39, 0.29) is 5.56 Å². The van der Waals surface area contributed by atoms with Gasteiger partial charge in [0.2, 0.25) is 0 Å². The second kappa shape index (κ2) is 4.96. The van der Waals surface area contributed by atoms with Gasteiger partial charge in [0.05, 0.1) is 10.6 Å². The van der Waals surface area contributed by atoms with E-state index in [1.807, 2.05) is 53.9 Å². The van der Waals surface area contributed by atoms with Gasteiger partial charge in [-0.05, 0) is 11.4 Å². The van der Waals surface area contributed by atoms with E-state index in [0.29, 0.717) is 16.7 Å². The Balaban J connectivity index is 2.03. The van der Waals surface area contributed by atoms with E-state index in [1.165, 1.54) is 0 Å². The van der Waals surface area contributed by atoms with Crippen LogP contribution in [0, 0.1) is 0 Å². The molecular weight excluding hydrogens is 296 g/mol. The van der Waals surface area contributed by atoms with Crippen molar-refractivity contribution in [2.75, 3.05) is 0 Å². The van der Waals surface area contributed by atoms with Gasteiger partial charge in [0, 0.05) is 18.7 Å². The normalized spacial score (nSPS) is 11.1. The summed E-state index contributed by atoms with van der Waals surface area (Å²) in [6.45, 7) is 0. The van der Waals surface area contributed by atoms with E-state index < -0.39 is 0 Å². The van der Waals surface area contributed by atoms with Gasteiger partial charge in [0.1, 0.15) is 11.1 Å². The summed E-state index contributed by atoms with van der Waals surface area (Å²) in [5, 5.41) is 6.61. The molecule has 0 saturated carbocycles. The Labute approximate surface area is 130 Å². The summed E-state index contributed by atoms with van der Waals surface area (Å²) < 4.78 is 7.07. The van der Waals surface area contributed by atoms with Crippen molar-refractivity contribution in [3.05, 3.63) is 64.3 Å². The molecule has 22 heavy (non-hydrogen) atoms. The Hall–Kier alpha value is -2.66. The van der Waals surface area contributed by atoms with Crippen LogP contribution in [0.5, 0.6) is 0 Å². The first-order valence-electron chi connectivity index (χ1n) is 6.84. The van der Waals surface area contributed by atoms with Gasteiger partial charge in [-0.25, -0.2) is 0 Å². The van der Waals surface area contributed by atoms with E-state index in [1.54, 1.807) is 23.0 Å². The molecule has 0 saturated heterocycles. The molecule has 0 aliphatic heterocycles. The molecule has 4 nitrogen and oxygen atoms in total. The van der Waals surface area contributed by atoms with Gasteiger partial charge in [-0.1, -0.05) is 41.6 Å². The number of fused-ring (bicyclic) bond motifs is 1. The monoisotopic (exact) mass is 308 g/mol. The first-order chi connectivity index (χ1) is 10.8. The third-order valence-corrected chi connectivity index (χ3v) is 4.58. The van der Waals surface area contributed by atoms with Gasteiger partial charge in [0.15, 0.2) is 5.58 Å². The van der Waals surface area contributed by atoms with Gasteiger partial charge >= 0.3 is 0 Å². The van der Waals surface area contributed by atoms with Crippen molar-refractivity contribution in [3.8, 4) is 21.8 Å². The van der Waals surface area contributed by atoms with Crippen molar-refractivity contribution < 1.29 is 4.52 Å². The predicted molar refractivity (Wildman–Crippen MR) is 88.0 cm³/mol. The van der Waals surface area contributed by atoms with E-state index in [9.17, 15) is 4.79 Å². The minimum absolute atomic E-state index is 0.0963. The Bertz CT molecular complexity index is 999. The summed E-state index contributed by atoms with van der Waals surface area (Å²) in [4.78, 5) is 13.8. The van der Waals surface area contributed by atoms with Crippen LogP contribution in [0.3, 0.4) is 0 Å². The van der Waals surface area contributed by atoms with Gasteiger partial charge in [0.25, 0.3) is 5.56 Å².